The fraction of sp³-hybridized carbons (Fsp3) is 0.533. The van der Waals surface area contributed by atoms with Gasteiger partial charge in [-0.3, -0.25) is 4.79 Å². The van der Waals surface area contributed by atoms with Crippen LogP contribution in [0.5, 0.6) is 0 Å². The van der Waals surface area contributed by atoms with E-state index in [9.17, 15) is 4.79 Å². The standard InChI is InChI=1S/C15H21NO2/c1-15(2,10-14(17)18)11-16-9-5-7-12-6-3-4-8-13(12)16/h3-4,6,8H,5,7,9-11H2,1-2H3,(H,17,18). The second-order valence-corrected chi connectivity index (χ2v) is 5.89. The van der Waals surface area contributed by atoms with Crippen molar-refractivity contribution in [1.82, 2.24) is 0 Å². The summed E-state index contributed by atoms with van der Waals surface area (Å²) in [5, 5.41) is 8.96. The Morgan fingerprint density at radius 1 is 1.39 bits per heavy atom. The van der Waals surface area contributed by atoms with Crippen LogP contribution in [0.3, 0.4) is 0 Å². The van der Waals surface area contributed by atoms with Crippen LogP contribution >= 0.6 is 0 Å². The maximum atomic E-state index is 10.9. The van der Waals surface area contributed by atoms with E-state index in [1.807, 2.05) is 13.8 Å². The number of carbonyl (C=O) groups is 1. The molecule has 2 rings (SSSR count). The minimum absolute atomic E-state index is 0.198. The molecule has 0 aromatic heterocycles. The van der Waals surface area contributed by atoms with Gasteiger partial charge in [-0.05, 0) is 29.9 Å². The Bertz CT molecular complexity index is 440. The van der Waals surface area contributed by atoms with Crippen LogP contribution in [-0.4, -0.2) is 24.2 Å². The van der Waals surface area contributed by atoms with Gasteiger partial charge in [0.05, 0.1) is 6.42 Å². The maximum absolute atomic E-state index is 10.9. The number of hydrogen-bond donors (Lipinski definition) is 1. The molecule has 1 N–H and O–H groups in total. The van der Waals surface area contributed by atoms with Crippen molar-refractivity contribution in [3.63, 3.8) is 0 Å². The average Bonchev–Trinajstić information content (AvgIpc) is 2.27. The minimum Gasteiger partial charge on any atom is -0.481 e. The highest BCUT2D eigenvalue weighted by molar-refractivity contribution is 5.67. The Labute approximate surface area is 108 Å². The highest BCUT2D eigenvalue weighted by Gasteiger charge is 2.27. The molecule has 1 aromatic rings. The Kier molecular flexibility index (Phi) is 3.60. The van der Waals surface area contributed by atoms with Crippen LogP contribution in [-0.2, 0) is 11.2 Å². The molecule has 0 spiro atoms. The molecule has 98 valence electrons. The molecule has 0 aliphatic carbocycles. The predicted molar refractivity (Wildman–Crippen MR) is 73.0 cm³/mol. The zero-order valence-electron chi connectivity index (χ0n) is 11.1. The van der Waals surface area contributed by atoms with Gasteiger partial charge in [0.25, 0.3) is 0 Å². The summed E-state index contributed by atoms with van der Waals surface area (Å²) in [4.78, 5) is 13.2. The van der Waals surface area contributed by atoms with E-state index >= 15 is 0 Å². The molecule has 3 heteroatoms. The van der Waals surface area contributed by atoms with Crippen molar-refractivity contribution in [2.45, 2.75) is 33.1 Å². The second kappa shape index (κ2) is 5.01. The van der Waals surface area contributed by atoms with Gasteiger partial charge in [-0.25, -0.2) is 0 Å². The van der Waals surface area contributed by atoms with Crippen LogP contribution in [0.1, 0.15) is 32.3 Å². The van der Waals surface area contributed by atoms with Crippen molar-refractivity contribution >= 4 is 11.7 Å². The number of aryl methyl sites for hydroxylation is 1. The van der Waals surface area contributed by atoms with Crippen LogP contribution in [0.25, 0.3) is 0 Å². The summed E-state index contributed by atoms with van der Waals surface area (Å²) in [5.74, 6) is -0.717. The van der Waals surface area contributed by atoms with Gasteiger partial charge in [-0.1, -0.05) is 32.0 Å². The largest absolute Gasteiger partial charge is 0.481 e. The summed E-state index contributed by atoms with van der Waals surface area (Å²) in [6.07, 6.45) is 2.50. The first kappa shape index (κ1) is 12.9. The molecule has 1 heterocycles. The lowest BCUT2D eigenvalue weighted by atomic mass is 9.87. The van der Waals surface area contributed by atoms with Crippen molar-refractivity contribution in [2.24, 2.45) is 5.41 Å². The number of hydrogen-bond acceptors (Lipinski definition) is 2. The third-order valence-electron chi connectivity index (χ3n) is 3.46. The minimum atomic E-state index is -0.717. The van der Waals surface area contributed by atoms with E-state index < -0.39 is 5.97 Å². The molecule has 0 unspecified atom stereocenters. The van der Waals surface area contributed by atoms with E-state index in [2.05, 4.69) is 29.2 Å². The molecule has 1 aliphatic heterocycles. The van der Waals surface area contributed by atoms with Gasteiger partial charge in [0.1, 0.15) is 0 Å². The zero-order chi connectivity index (χ0) is 13.2. The van der Waals surface area contributed by atoms with Crippen LogP contribution in [0.2, 0.25) is 0 Å². The molecule has 1 aliphatic rings. The molecule has 0 saturated heterocycles. The van der Waals surface area contributed by atoms with Gasteiger partial charge in [0.2, 0.25) is 0 Å². The van der Waals surface area contributed by atoms with Gasteiger partial charge in [-0.15, -0.1) is 0 Å². The Morgan fingerprint density at radius 3 is 2.83 bits per heavy atom. The van der Waals surface area contributed by atoms with E-state index in [1.165, 1.54) is 11.3 Å². The molecule has 1 aromatic carbocycles. The third-order valence-corrected chi connectivity index (χ3v) is 3.46. The van der Waals surface area contributed by atoms with Crippen LogP contribution in [0.4, 0.5) is 5.69 Å². The monoisotopic (exact) mass is 247 g/mol. The highest BCUT2D eigenvalue weighted by atomic mass is 16.4. The van der Waals surface area contributed by atoms with Crippen molar-refractivity contribution in [2.75, 3.05) is 18.0 Å². The predicted octanol–water partition coefficient (Wildman–Crippen LogP) is 2.94. The third kappa shape index (κ3) is 3.03. The number of rotatable bonds is 4. The summed E-state index contributed by atoms with van der Waals surface area (Å²) < 4.78 is 0. The molecule has 0 amide bonds. The first-order valence-electron chi connectivity index (χ1n) is 6.53. The number of para-hydroxylation sites is 1. The molecule has 0 saturated carbocycles. The SMILES string of the molecule is CC(C)(CC(=O)O)CN1CCCc2ccccc21. The smallest absolute Gasteiger partial charge is 0.303 e. The number of aliphatic carboxylic acids is 1. The number of fused-ring (bicyclic) bond motifs is 1. The molecule has 18 heavy (non-hydrogen) atoms. The molecule has 0 fully saturated rings. The first-order valence-corrected chi connectivity index (χ1v) is 6.53. The van der Waals surface area contributed by atoms with Gasteiger partial charge >= 0.3 is 5.97 Å². The summed E-state index contributed by atoms with van der Waals surface area (Å²) in [5.41, 5.74) is 2.47. The lowest BCUT2D eigenvalue weighted by molar-refractivity contribution is -0.139. The first-order chi connectivity index (χ1) is 8.48. The normalized spacial score (nSPS) is 15.3. The molecule has 0 bridgehead atoms. The van der Waals surface area contributed by atoms with E-state index in [4.69, 9.17) is 5.11 Å². The van der Waals surface area contributed by atoms with E-state index in [-0.39, 0.29) is 11.8 Å². The highest BCUT2D eigenvalue weighted by Crippen LogP contribution is 2.31. The number of benzene rings is 1. The van der Waals surface area contributed by atoms with Crippen molar-refractivity contribution in [3.8, 4) is 0 Å². The van der Waals surface area contributed by atoms with Crippen molar-refractivity contribution < 1.29 is 9.90 Å². The lowest BCUT2D eigenvalue weighted by Gasteiger charge is -2.37. The second-order valence-electron chi connectivity index (χ2n) is 5.89. The Morgan fingerprint density at radius 2 is 2.11 bits per heavy atom. The van der Waals surface area contributed by atoms with Gasteiger partial charge in [-0.2, -0.15) is 0 Å². The zero-order valence-corrected chi connectivity index (χ0v) is 11.1. The van der Waals surface area contributed by atoms with Crippen molar-refractivity contribution in [3.05, 3.63) is 29.8 Å². The summed E-state index contributed by atoms with van der Waals surface area (Å²) in [6, 6.07) is 8.45. The molecule has 0 radical (unpaired) electrons. The van der Waals surface area contributed by atoms with E-state index in [0.29, 0.717) is 0 Å². The molecular weight excluding hydrogens is 226 g/mol. The number of carboxylic acids is 1. The van der Waals surface area contributed by atoms with Gasteiger partial charge in [0.15, 0.2) is 0 Å². The fourth-order valence-corrected chi connectivity index (χ4v) is 2.76. The average molecular weight is 247 g/mol. The summed E-state index contributed by atoms with van der Waals surface area (Å²) in [7, 11) is 0. The topological polar surface area (TPSA) is 40.5 Å². The maximum Gasteiger partial charge on any atom is 0.303 e. The molecule has 3 nitrogen and oxygen atoms in total. The van der Waals surface area contributed by atoms with Crippen LogP contribution in [0.15, 0.2) is 24.3 Å². The van der Waals surface area contributed by atoms with Crippen LogP contribution in [0, 0.1) is 5.41 Å². The van der Waals surface area contributed by atoms with Gasteiger partial charge < -0.3 is 10.0 Å². The number of nitrogens with zero attached hydrogens (tertiary/aromatic N) is 1. The van der Waals surface area contributed by atoms with Crippen LogP contribution < -0.4 is 4.90 Å². The Hall–Kier alpha value is -1.51. The fourth-order valence-electron chi connectivity index (χ4n) is 2.76. The number of anilines is 1. The summed E-state index contributed by atoms with van der Waals surface area (Å²) >= 11 is 0. The molecular formula is C15H21NO2. The quantitative estimate of drug-likeness (QED) is 0.889. The Balaban J connectivity index is 2.14. The number of carboxylic acid groups (broad SMARTS) is 1. The molecule has 0 atom stereocenters. The van der Waals surface area contributed by atoms with E-state index in [1.54, 1.807) is 0 Å². The van der Waals surface area contributed by atoms with Gasteiger partial charge in [0, 0.05) is 18.8 Å². The van der Waals surface area contributed by atoms with E-state index in [0.717, 1.165) is 25.9 Å². The van der Waals surface area contributed by atoms with Crippen molar-refractivity contribution in [1.29, 1.82) is 0 Å². The summed E-state index contributed by atoms with van der Waals surface area (Å²) in [6.45, 7) is 5.88. The lowest BCUT2D eigenvalue weighted by Crippen LogP contribution is -2.38.